The van der Waals surface area contributed by atoms with Gasteiger partial charge in [-0.3, -0.25) is 4.90 Å². The van der Waals surface area contributed by atoms with E-state index < -0.39 is 30.3 Å². The first-order chi connectivity index (χ1) is 9.37. The van der Waals surface area contributed by atoms with Crippen LogP contribution in [0, 0.1) is 11.6 Å². The van der Waals surface area contributed by atoms with Crippen LogP contribution in [0.3, 0.4) is 0 Å². The van der Waals surface area contributed by atoms with Crippen LogP contribution in [-0.2, 0) is 0 Å². The second-order valence-electron chi connectivity index (χ2n) is 4.79. The summed E-state index contributed by atoms with van der Waals surface area (Å²) in [6, 6.07) is 1.44. The molecular formula is C13H16ClF5N2. The van der Waals surface area contributed by atoms with Crippen LogP contribution in [-0.4, -0.2) is 37.3 Å². The van der Waals surface area contributed by atoms with Gasteiger partial charge in [-0.25, -0.2) is 8.78 Å². The lowest BCUT2D eigenvalue weighted by Crippen LogP contribution is -2.46. The normalized spacial score (nSPS) is 18.1. The molecule has 1 saturated heterocycles. The Balaban J connectivity index is 0.00000220. The molecule has 8 heteroatoms. The molecule has 0 spiro atoms. The summed E-state index contributed by atoms with van der Waals surface area (Å²) >= 11 is 0. The first-order valence-electron chi connectivity index (χ1n) is 6.33. The number of piperazine rings is 1. The molecule has 1 heterocycles. The van der Waals surface area contributed by atoms with Crippen molar-refractivity contribution in [2.45, 2.75) is 18.6 Å². The third kappa shape index (κ3) is 5.09. The maximum atomic E-state index is 13.8. The highest BCUT2D eigenvalue weighted by molar-refractivity contribution is 5.85. The Morgan fingerprint density at radius 3 is 2.33 bits per heavy atom. The fraction of sp³-hybridized carbons (Fsp3) is 0.538. The van der Waals surface area contributed by atoms with Crippen LogP contribution >= 0.6 is 12.4 Å². The van der Waals surface area contributed by atoms with Gasteiger partial charge in [0.1, 0.15) is 11.6 Å². The second-order valence-corrected chi connectivity index (χ2v) is 4.79. The third-order valence-electron chi connectivity index (χ3n) is 3.33. The van der Waals surface area contributed by atoms with Gasteiger partial charge in [0.15, 0.2) is 0 Å². The van der Waals surface area contributed by atoms with E-state index in [0.717, 1.165) is 18.2 Å². The lowest BCUT2D eigenvalue weighted by Gasteiger charge is -2.35. The zero-order valence-electron chi connectivity index (χ0n) is 11.1. The van der Waals surface area contributed by atoms with E-state index in [9.17, 15) is 22.0 Å². The van der Waals surface area contributed by atoms with E-state index in [1.165, 1.54) is 0 Å². The average molecular weight is 331 g/mol. The molecule has 0 radical (unpaired) electrons. The van der Waals surface area contributed by atoms with Crippen molar-refractivity contribution in [1.82, 2.24) is 10.2 Å². The van der Waals surface area contributed by atoms with Gasteiger partial charge in [0.2, 0.25) is 0 Å². The lowest BCUT2D eigenvalue weighted by atomic mass is 10.00. The van der Waals surface area contributed by atoms with Crippen molar-refractivity contribution in [3.05, 3.63) is 35.4 Å². The van der Waals surface area contributed by atoms with Gasteiger partial charge in [-0.05, 0) is 18.2 Å². The summed E-state index contributed by atoms with van der Waals surface area (Å²) in [5.41, 5.74) is -0.232. The van der Waals surface area contributed by atoms with E-state index in [-0.39, 0.29) is 18.0 Å². The van der Waals surface area contributed by atoms with Crippen LogP contribution in [0.1, 0.15) is 18.0 Å². The monoisotopic (exact) mass is 330 g/mol. The Hall–Kier alpha value is -0.920. The molecule has 0 amide bonds. The minimum Gasteiger partial charge on any atom is -0.314 e. The molecule has 1 fully saturated rings. The second kappa shape index (κ2) is 7.38. The SMILES string of the molecule is Cl.Fc1ccc(F)c([C@H](CC(F)(F)F)N2CCNCC2)c1. The van der Waals surface area contributed by atoms with Crippen molar-refractivity contribution < 1.29 is 22.0 Å². The molecule has 2 nitrogen and oxygen atoms in total. The first kappa shape index (κ1) is 18.1. The molecule has 0 unspecified atom stereocenters. The van der Waals surface area contributed by atoms with Crippen LogP contribution < -0.4 is 5.32 Å². The smallest absolute Gasteiger partial charge is 0.314 e. The number of alkyl halides is 3. The number of nitrogens with zero attached hydrogens (tertiary/aromatic N) is 1. The predicted molar refractivity (Wildman–Crippen MR) is 71.5 cm³/mol. The summed E-state index contributed by atoms with van der Waals surface area (Å²) in [5, 5.41) is 3.02. The summed E-state index contributed by atoms with van der Waals surface area (Å²) in [7, 11) is 0. The molecule has 1 atom stereocenters. The number of rotatable bonds is 3. The van der Waals surface area contributed by atoms with E-state index in [1.807, 2.05) is 0 Å². The summed E-state index contributed by atoms with van der Waals surface area (Å²) in [6.45, 7) is 1.81. The van der Waals surface area contributed by atoms with Crippen LogP contribution in [0.15, 0.2) is 18.2 Å². The highest BCUT2D eigenvalue weighted by Crippen LogP contribution is 2.35. The molecule has 1 aromatic rings. The molecule has 0 bridgehead atoms. The number of benzene rings is 1. The van der Waals surface area contributed by atoms with E-state index in [0.29, 0.717) is 26.2 Å². The molecule has 21 heavy (non-hydrogen) atoms. The Morgan fingerprint density at radius 1 is 1.14 bits per heavy atom. The molecule has 0 aromatic heterocycles. The van der Waals surface area contributed by atoms with Crippen LogP contribution in [0.2, 0.25) is 0 Å². The van der Waals surface area contributed by atoms with Gasteiger partial charge in [0.25, 0.3) is 0 Å². The van der Waals surface area contributed by atoms with Gasteiger partial charge in [-0.1, -0.05) is 0 Å². The van der Waals surface area contributed by atoms with Crippen molar-refractivity contribution in [1.29, 1.82) is 0 Å². The highest BCUT2D eigenvalue weighted by atomic mass is 35.5. The van der Waals surface area contributed by atoms with Gasteiger partial charge in [0.05, 0.1) is 6.42 Å². The molecule has 1 aliphatic rings. The fourth-order valence-electron chi connectivity index (χ4n) is 2.42. The van der Waals surface area contributed by atoms with E-state index in [1.54, 1.807) is 4.90 Å². The Bertz CT molecular complexity index is 460. The minimum absolute atomic E-state index is 0. The molecule has 1 aliphatic heterocycles. The van der Waals surface area contributed by atoms with Crippen molar-refractivity contribution >= 4 is 12.4 Å². The molecule has 0 saturated carbocycles. The molecule has 2 rings (SSSR count). The Kier molecular flexibility index (Phi) is 6.37. The summed E-state index contributed by atoms with van der Waals surface area (Å²) < 4.78 is 65.2. The van der Waals surface area contributed by atoms with Crippen molar-refractivity contribution in [3.63, 3.8) is 0 Å². The first-order valence-corrected chi connectivity index (χ1v) is 6.33. The maximum absolute atomic E-state index is 13.8. The average Bonchev–Trinajstić information content (AvgIpc) is 2.39. The summed E-state index contributed by atoms with van der Waals surface area (Å²) in [6.07, 6.45) is -5.62. The Morgan fingerprint density at radius 2 is 1.76 bits per heavy atom. The quantitative estimate of drug-likeness (QED) is 0.856. The van der Waals surface area contributed by atoms with Crippen LogP contribution in [0.4, 0.5) is 22.0 Å². The largest absolute Gasteiger partial charge is 0.390 e. The lowest BCUT2D eigenvalue weighted by molar-refractivity contribution is -0.149. The zero-order valence-corrected chi connectivity index (χ0v) is 11.9. The van der Waals surface area contributed by atoms with E-state index in [4.69, 9.17) is 0 Å². The maximum Gasteiger partial charge on any atom is 0.390 e. The van der Waals surface area contributed by atoms with Crippen LogP contribution in [0.25, 0.3) is 0 Å². The van der Waals surface area contributed by atoms with Crippen molar-refractivity contribution in [2.75, 3.05) is 26.2 Å². The van der Waals surface area contributed by atoms with E-state index in [2.05, 4.69) is 5.32 Å². The number of nitrogens with one attached hydrogen (secondary N) is 1. The van der Waals surface area contributed by atoms with Crippen molar-refractivity contribution in [2.24, 2.45) is 0 Å². The van der Waals surface area contributed by atoms with Gasteiger partial charge in [-0.2, -0.15) is 13.2 Å². The zero-order chi connectivity index (χ0) is 14.8. The molecule has 0 aliphatic carbocycles. The summed E-state index contributed by atoms with van der Waals surface area (Å²) in [5.74, 6) is -1.54. The molecule has 120 valence electrons. The summed E-state index contributed by atoms with van der Waals surface area (Å²) in [4.78, 5) is 1.54. The standard InChI is InChI=1S/C13H15F5N2.ClH/c14-9-1-2-11(15)10(7-9)12(8-13(16,17)18)20-5-3-19-4-6-20;/h1-2,7,12,19H,3-6,8H2;1H/t12-;/m0./s1. The molecule has 1 aromatic carbocycles. The van der Waals surface area contributed by atoms with Gasteiger partial charge >= 0.3 is 6.18 Å². The minimum atomic E-state index is -4.44. The van der Waals surface area contributed by atoms with Crippen molar-refractivity contribution in [3.8, 4) is 0 Å². The van der Waals surface area contributed by atoms with Gasteiger partial charge < -0.3 is 5.32 Å². The Labute approximate surface area is 125 Å². The number of hydrogen-bond acceptors (Lipinski definition) is 2. The topological polar surface area (TPSA) is 15.3 Å². The molecular weight excluding hydrogens is 315 g/mol. The van der Waals surface area contributed by atoms with Gasteiger partial charge in [-0.15, -0.1) is 12.4 Å². The number of halogens is 6. The van der Waals surface area contributed by atoms with Gasteiger partial charge in [0, 0.05) is 37.8 Å². The predicted octanol–water partition coefficient (Wildman–Crippen LogP) is 3.29. The highest BCUT2D eigenvalue weighted by Gasteiger charge is 2.37. The number of hydrogen-bond donors (Lipinski definition) is 1. The molecule has 1 N–H and O–H groups in total. The fourth-order valence-corrected chi connectivity index (χ4v) is 2.42. The van der Waals surface area contributed by atoms with Crippen LogP contribution in [0.5, 0.6) is 0 Å². The van der Waals surface area contributed by atoms with E-state index >= 15 is 0 Å². The third-order valence-corrected chi connectivity index (χ3v) is 3.33.